The third-order valence-corrected chi connectivity index (χ3v) is 3.30. The van der Waals surface area contributed by atoms with Crippen molar-refractivity contribution < 1.29 is 4.74 Å². The quantitative estimate of drug-likeness (QED) is 0.866. The van der Waals surface area contributed by atoms with Gasteiger partial charge >= 0.3 is 0 Å². The number of hydrogen-bond donors (Lipinski definition) is 1. The highest BCUT2D eigenvalue weighted by Gasteiger charge is 2.19. The second-order valence-corrected chi connectivity index (χ2v) is 5.22. The van der Waals surface area contributed by atoms with E-state index in [0.29, 0.717) is 16.7 Å². The smallest absolute Gasteiger partial charge is 0.262 e. The molecule has 1 N–H and O–H groups in total. The van der Waals surface area contributed by atoms with Crippen molar-refractivity contribution >= 4 is 23.1 Å². The van der Waals surface area contributed by atoms with Gasteiger partial charge in [-0.05, 0) is 38.2 Å². The average molecular weight is 264 g/mol. The number of para-hydroxylation sites is 1. The van der Waals surface area contributed by atoms with E-state index in [9.17, 15) is 4.79 Å². The Bertz CT molecular complexity index is 685. The molecule has 0 amide bonds. The summed E-state index contributed by atoms with van der Waals surface area (Å²) < 4.78 is 7.31. The number of nitrogens with zero attached hydrogens (tertiary/aromatic N) is 1. The van der Waals surface area contributed by atoms with Gasteiger partial charge in [0.2, 0.25) is 0 Å². The summed E-state index contributed by atoms with van der Waals surface area (Å²) in [5, 5.41) is 0.637. The van der Waals surface area contributed by atoms with Crippen LogP contribution >= 0.6 is 12.2 Å². The van der Waals surface area contributed by atoms with Crippen molar-refractivity contribution in [3.8, 4) is 0 Å². The van der Waals surface area contributed by atoms with Crippen molar-refractivity contribution in [2.45, 2.75) is 26.0 Å². The van der Waals surface area contributed by atoms with Crippen LogP contribution in [0.4, 0.5) is 0 Å². The van der Waals surface area contributed by atoms with Crippen molar-refractivity contribution in [2.75, 3.05) is 7.11 Å². The van der Waals surface area contributed by atoms with Crippen LogP contribution in [0.25, 0.3) is 10.9 Å². The van der Waals surface area contributed by atoms with E-state index in [1.54, 1.807) is 17.7 Å². The lowest BCUT2D eigenvalue weighted by Gasteiger charge is -2.23. The summed E-state index contributed by atoms with van der Waals surface area (Å²) in [7, 11) is 1.62. The van der Waals surface area contributed by atoms with Gasteiger partial charge in [-0.3, -0.25) is 9.36 Å². The van der Waals surface area contributed by atoms with Crippen LogP contribution in [0.15, 0.2) is 29.1 Å². The van der Waals surface area contributed by atoms with E-state index < -0.39 is 5.60 Å². The van der Waals surface area contributed by atoms with E-state index in [2.05, 4.69) is 4.98 Å². The molecule has 2 aromatic rings. The highest BCUT2D eigenvalue weighted by atomic mass is 32.1. The maximum atomic E-state index is 12.4. The Morgan fingerprint density at radius 3 is 2.72 bits per heavy atom. The zero-order chi connectivity index (χ0) is 13.3. The van der Waals surface area contributed by atoms with Gasteiger partial charge in [0.05, 0.1) is 23.0 Å². The zero-order valence-electron chi connectivity index (χ0n) is 10.7. The number of rotatable bonds is 3. The molecule has 0 fully saturated rings. The highest BCUT2D eigenvalue weighted by Crippen LogP contribution is 2.12. The molecule has 0 saturated heterocycles. The lowest BCUT2D eigenvalue weighted by atomic mass is 10.1. The second-order valence-electron chi connectivity index (χ2n) is 4.83. The van der Waals surface area contributed by atoms with Gasteiger partial charge in [-0.15, -0.1) is 0 Å². The summed E-state index contributed by atoms with van der Waals surface area (Å²) in [6, 6.07) is 7.35. The van der Waals surface area contributed by atoms with Gasteiger partial charge in [-0.1, -0.05) is 12.1 Å². The molecule has 0 spiro atoms. The van der Waals surface area contributed by atoms with Crippen LogP contribution in [0.3, 0.4) is 0 Å². The summed E-state index contributed by atoms with van der Waals surface area (Å²) in [5.41, 5.74) is 0.242. The average Bonchev–Trinajstić information content (AvgIpc) is 2.34. The van der Waals surface area contributed by atoms with Crippen LogP contribution in [0.5, 0.6) is 0 Å². The minimum atomic E-state index is -0.437. The first-order valence-corrected chi connectivity index (χ1v) is 6.12. The molecule has 1 aromatic heterocycles. The number of fused-ring (bicyclic) bond motifs is 1. The van der Waals surface area contributed by atoms with E-state index in [-0.39, 0.29) is 5.56 Å². The molecular weight excluding hydrogens is 248 g/mol. The summed E-state index contributed by atoms with van der Waals surface area (Å²) in [5.74, 6) is 0. The van der Waals surface area contributed by atoms with Gasteiger partial charge in [0.25, 0.3) is 5.56 Å². The van der Waals surface area contributed by atoms with E-state index >= 15 is 0 Å². The van der Waals surface area contributed by atoms with Gasteiger partial charge < -0.3 is 9.72 Å². The van der Waals surface area contributed by atoms with Gasteiger partial charge in [0, 0.05) is 7.11 Å². The molecule has 1 heterocycles. The topological polar surface area (TPSA) is 47.0 Å². The first-order chi connectivity index (χ1) is 8.44. The van der Waals surface area contributed by atoms with Crippen LogP contribution in [0.1, 0.15) is 13.8 Å². The molecule has 1 aromatic carbocycles. The van der Waals surface area contributed by atoms with Gasteiger partial charge in [-0.25, -0.2) is 0 Å². The number of nitrogens with one attached hydrogen (secondary N) is 1. The van der Waals surface area contributed by atoms with Crippen LogP contribution in [0, 0.1) is 4.77 Å². The maximum absolute atomic E-state index is 12.4. The van der Waals surface area contributed by atoms with Crippen molar-refractivity contribution in [3.05, 3.63) is 39.4 Å². The lowest BCUT2D eigenvalue weighted by molar-refractivity contribution is 0.00696. The van der Waals surface area contributed by atoms with Gasteiger partial charge in [-0.2, -0.15) is 0 Å². The molecule has 5 heteroatoms. The molecule has 0 atom stereocenters. The fourth-order valence-corrected chi connectivity index (χ4v) is 2.05. The monoisotopic (exact) mass is 264 g/mol. The highest BCUT2D eigenvalue weighted by molar-refractivity contribution is 7.71. The van der Waals surface area contributed by atoms with Crippen LogP contribution in [0.2, 0.25) is 0 Å². The van der Waals surface area contributed by atoms with Crippen LogP contribution in [-0.4, -0.2) is 22.3 Å². The molecule has 0 aliphatic rings. The third-order valence-electron chi connectivity index (χ3n) is 2.98. The SMILES string of the molecule is COC(C)(C)Cn1c(=S)[nH]c2ccccc2c1=O. The predicted octanol–water partition coefficient (Wildman–Crippen LogP) is 2.48. The number of aromatic amines is 1. The summed E-state index contributed by atoms with van der Waals surface area (Å²) in [6.45, 7) is 4.26. The number of aromatic nitrogens is 2. The standard InChI is InChI=1S/C13H16N2O2S/c1-13(2,17-3)8-15-11(16)9-6-4-5-7-10(9)14-12(15)18/h4-7H,8H2,1-3H3,(H,14,18). The molecule has 0 unspecified atom stereocenters. The third kappa shape index (κ3) is 2.37. The summed E-state index contributed by atoms with van der Waals surface area (Å²) >= 11 is 5.23. The molecule has 0 radical (unpaired) electrons. The lowest BCUT2D eigenvalue weighted by Crippen LogP contribution is -2.35. The van der Waals surface area contributed by atoms with E-state index in [1.165, 1.54) is 0 Å². The molecule has 0 saturated carbocycles. The Morgan fingerprint density at radius 1 is 1.39 bits per heavy atom. The molecule has 96 valence electrons. The fourth-order valence-electron chi connectivity index (χ4n) is 1.79. The van der Waals surface area contributed by atoms with Gasteiger partial charge in [0.15, 0.2) is 4.77 Å². The number of hydrogen-bond acceptors (Lipinski definition) is 3. The molecule has 0 aliphatic heterocycles. The molecule has 4 nitrogen and oxygen atoms in total. The zero-order valence-corrected chi connectivity index (χ0v) is 11.5. The van der Waals surface area contributed by atoms with E-state index in [0.717, 1.165) is 5.52 Å². The Hall–Kier alpha value is -1.46. The van der Waals surface area contributed by atoms with E-state index in [1.807, 2.05) is 32.0 Å². The van der Waals surface area contributed by atoms with Crippen molar-refractivity contribution in [1.29, 1.82) is 0 Å². The minimum absolute atomic E-state index is 0.0838. The molecule has 18 heavy (non-hydrogen) atoms. The predicted molar refractivity (Wildman–Crippen MR) is 74.5 cm³/mol. The van der Waals surface area contributed by atoms with Crippen LogP contribution < -0.4 is 5.56 Å². The first kappa shape index (κ1) is 13.0. The summed E-state index contributed by atoms with van der Waals surface area (Å²) in [4.78, 5) is 15.4. The van der Waals surface area contributed by atoms with Crippen molar-refractivity contribution in [2.24, 2.45) is 0 Å². The molecular formula is C13H16N2O2S. The van der Waals surface area contributed by atoms with Crippen molar-refractivity contribution in [3.63, 3.8) is 0 Å². The summed E-state index contributed by atoms with van der Waals surface area (Å²) in [6.07, 6.45) is 0. The molecule has 2 rings (SSSR count). The molecule has 0 bridgehead atoms. The van der Waals surface area contributed by atoms with Gasteiger partial charge in [0.1, 0.15) is 0 Å². The Kier molecular flexibility index (Phi) is 3.36. The Morgan fingerprint density at radius 2 is 2.06 bits per heavy atom. The number of benzene rings is 1. The Balaban J connectivity index is 2.66. The first-order valence-electron chi connectivity index (χ1n) is 5.71. The minimum Gasteiger partial charge on any atom is -0.377 e. The van der Waals surface area contributed by atoms with Crippen molar-refractivity contribution in [1.82, 2.24) is 9.55 Å². The maximum Gasteiger partial charge on any atom is 0.262 e. The number of methoxy groups -OCH3 is 1. The number of H-pyrrole nitrogens is 1. The Labute approximate surface area is 110 Å². The normalized spacial score (nSPS) is 11.9. The molecule has 0 aliphatic carbocycles. The fraction of sp³-hybridized carbons (Fsp3) is 0.385. The van der Waals surface area contributed by atoms with E-state index in [4.69, 9.17) is 17.0 Å². The van der Waals surface area contributed by atoms with Crippen LogP contribution in [-0.2, 0) is 11.3 Å². The number of ether oxygens (including phenoxy) is 1. The second kappa shape index (κ2) is 4.66. The largest absolute Gasteiger partial charge is 0.377 e.